The molecule has 8 heteroatoms. The van der Waals surface area contributed by atoms with E-state index in [-0.39, 0.29) is 12.7 Å². The summed E-state index contributed by atoms with van der Waals surface area (Å²) in [6, 6.07) is 30.3. The van der Waals surface area contributed by atoms with Crippen molar-refractivity contribution in [3.8, 4) is 0 Å². The molecule has 0 aromatic heterocycles. The van der Waals surface area contributed by atoms with Crippen molar-refractivity contribution in [1.29, 1.82) is 0 Å². The molecule has 0 spiro atoms. The minimum absolute atomic E-state index is 0.0284. The Morgan fingerprint density at radius 1 is 0.667 bits per heavy atom. The Hall–Kier alpha value is -2.35. The molecule has 0 bridgehead atoms. The summed E-state index contributed by atoms with van der Waals surface area (Å²) < 4.78 is 55.6. The lowest BCUT2D eigenvalue weighted by Gasteiger charge is -2.58. The molecule has 2 saturated heterocycles. The summed E-state index contributed by atoms with van der Waals surface area (Å²) in [6.07, 6.45) is 2.87. The molecule has 5 atom stereocenters. The highest BCUT2D eigenvalue weighted by atomic mass is 31.2. The minimum atomic E-state index is -3.20. The summed E-state index contributed by atoms with van der Waals surface area (Å²) >= 11 is 0. The standard InChI is InChI=1S/C40H53O7P/c1-39(2)29-40(3,4)48(39,41)47-37-36(44-27-32-21-13-7-14-22-32)35(43-26-31-19-11-6-12-20-31)34(28-42-25-30-17-9-5-10-18-30)46-38(37)45-33-23-15-8-16-24-33/h5-7,9-14,17-22,33-38H,8,15-16,23-29H2,1-4H3/t34-,35-,36+,37-,38-/m1/s1. The first-order valence-electron chi connectivity index (χ1n) is 17.7. The highest BCUT2D eigenvalue weighted by molar-refractivity contribution is 7.64. The van der Waals surface area contributed by atoms with Gasteiger partial charge in [-0.1, -0.05) is 138 Å². The van der Waals surface area contributed by atoms with Gasteiger partial charge < -0.3 is 28.2 Å². The third kappa shape index (κ3) is 8.16. The maximum atomic E-state index is 14.9. The van der Waals surface area contributed by atoms with Gasteiger partial charge in [-0.2, -0.15) is 0 Å². The molecule has 7 nitrogen and oxygen atoms in total. The maximum absolute atomic E-state index is 14.9. The van der Waals surface area contributed by atoms with Crippen LogP contribution in [0.5, 0.6) is 0 Å². The van der Waals surface area contributed by atoms with Crippen molar-refractivity contribution in [3.63, 3.8) is 0 Å². The lowest BCUT2D eigenvalue weighted by molar-refractivity contribution is -0.324. The predicted molar refractivity (Wildman–Crippen MR) is 188 cm³/mol. The topological polar surface area (TPSA) is 72.5 Å². The molecule has 0 amide bonds. The molecule has 3 aromatic carbocycles. The van der Waals surface area contributed by atoms with Gasteiger partial charge in [0.15, 0.2) is 6.29 Å². The zero-order chi connectivity index (χ0) is 33.6. The van der Waals surface area contributed by atoms with Crippen LogP contribution in [-0.4, -0.2) is 53.7 Å². The third-order valence-electron chi connectivity index (χ3n) is 10.2. The van der Waals surface area contributed by atoms with Gasteiger partial charge in [0.1, 0.15) is 24.4 Å². The molecule has 3 fully saturated rings. The third-order valence-corrected chi connectivity index (χ3v) is 14.2. The Morgan fingerprint density at radius 2 is 1.17 bits per heavy atom. The molecule has 6 rings (SSSR count). The maximum Gasteiger partial charge on any atom is 0.214 e. The van der Waals surface area contributed by atoms with Crippen LogP contribution in [0.3, 0.4) is 0 Å². The van der Waals surface area contributed by atoms with Crippen molar-refractivity contribution >= 4 is 7.37 Å². The fourth-order valence-corrected chi connectivity index (χ4v) is 11.6. The summed E-state index contributed by atoms with van der Waals surface area (Å²) in [4.78, 5) is 0. The molecule has 260 valence electrons. The lowest BCUT2D eigenvalue weighted by atomic mass is 9.96. The molecular weight excluding hydrogens is 623 g/mol. The van der Waals surface area contributed by atoms with E-state index < -0.39 is 48.4 Å². The molecule has 1 aliphatic carbocycles. The Bertz CT molecular complexity index is 1440. The molecule has 0 unspecified atom stereocenters. The second kappa shape index (κ2) is 15.7. The van der Waals surface area contributed by atoms with Crippen molar-refractivity contribution < 1.29 is 32.8 Å². The number of hydrogen-bond donors (Lipinski definition) is 0. The lowest BCUT2D eigenvalue weighted by Crippen LogP contribution is -2.63. The molecule has 3 aromatic rings. The molecular formula is C40H53O7P. The molecule has 1 saturated carbocycles. The normalized spacial score (nSPS) is 28.0. The van der Waals surface area contributed by atoms with E-state index in [0.717, 1.165) is 48.8 Å². The fourth-order valence-electron chi connectivity index (χ4n) is 7.87. The van der Waals surface area contributed by atoms with Gasteiger partial charge in [0.05, 0.1) is 32.5 Å². The van der Waals surface area contributed by atoms with Crippen molar-refractivity contribution in [2.24, 2.45) is 0 Å². The highest BCUT2D eigenvalue weighted by Crippen LogP contribution is 2.80. The van der Waals surface area contributed by atoms with Crippen LogP contribution in [0.15, 0.2) is 91.0 Å². The first-order valence-corrected chi connectivity index (χ1v) is 19.3. The highest BCUT2D eigenvalue weighted by Gasteiger charge is 2.66. The van der Waals surface area contributed by atoms with Crippen LogP contribution < -0.4 is 0 Å². The van der Waals surface area contributed by atoms with E-state index in [1.165, 1.54) is 6.42 Å². The zero-order valence-corrected chi connectivity index (χ0v) is 29.9. The summed E-state index contributed by atoms with van der Waals surface area (Å²) in [7, 11) is -3.20. The van der Waals surface area contributed by atoms with E-state index in [9.17, 15) is 4.57 Å². The number of ether oxygens (including phenoxy) is 5. The SMILES string of the molecule is CC1(C)CC(C)(C)P1(=O)O[C@H]1[C@H](OC2CCCCC2)O[C@H](COCc2ccccc2)[C@@H](OCc2ccccc2)[C@@H]1OCc1ccccc1. The van der Waals surface area contributed by atoms with Gasteiger partial charge in [0.25, 0.3) is 0 Å². The Morgan fingerprint density at radius 3 is 1.69 bits per heavy atom. The monoisotopic (exact) mass is 676 g/mol. The van der Waals surface area contributed by atoms with Crippen LogP contribution in [-0.2, 0) is 52.6 Å². The summed E-state index contributed by atoms with van der Waals surface area (Å²) in [6.45, 7) is 9.57. The van der Waals surface area contributed by atoms with Crippen molar-refractivity contribution in [2.45, 2.75) is 133 Å². The first-order chi connectivity index (χ1) is 23.2. The molecule has 3 aliphatic rings. The van der Waals surface area contributed by atoms with E-state index in [1.807, 2.05) is 107 Å². The van der Waals surface area contributed by atoms with Crippen molar-refractivity contribution in [3.05, 3.63) is 108 Å². The van der Waals surface area contributed by atoms with Gasteiger partial charge in [0.2, 0.25) is 7.37 Å². The van der Waals surface area contributed by atoms with E-state index in [4.69, 9.17) is 28.2 Å². The average Bonchev–Trinajstić information content (AvgIpc) is 3.09. The van der Waals surface area contributed by atoms with Gasteiger partial charge >= 0.3 is 0 Å². The van der Waals surface area contributed by atoms with E-state index in [0.29, 0.717) is 19.8 Å². The molecule has 2 heterocycles. The van der Waals surface area contributed by atoms with Crippen LogP contribution in [0, 0.1) is 0 Å². The molecule has 2 aliphatic heterocycles. The van der Waals surface area contributed by atoms with Gasteiger partial charge in [-0.25, -0.2) is 0 Å². The first kappa shape index (κ1) is 35.5. The molecule has 0 radical (unpaired) electrons. The summed E-state index contributed by atoms with van der Waals surface area (Å²) in [5.41, 5.74) is 3.15. The van der Waals surface area contributed by atoms with Gasteiger partial charge in [0, 0.05) is 10.3 Å². The quantitative estimate of drug-likeness (QED) is 0.158. The van der Waals surface area contributed by atoms with Crippen LogP contribution in [0.4, 0.5) is 0 Å². The second-order valence-electron chi connectivity index (χ2n) is 14.9. The second-order valence-corrected chi connectivity index (χ2v) is 18.6. The largest absolute Gasteiger partial charge is 0.374 e. The van der Waals surface area contributed by atoms with Crippen molar-refractivity contribution in [1.82, 2.24) is 0 Å². The number of hydrogen-bond acceptors (Lipinski definition) is 7. The number of rotatable bonds is 14. The van der Waals surface area contributed by atoms with Crippen molar-refractivity contribution in [2.75, 3.05) is 6.61 Å². The van der Waals surface area contributed by atoms with E-state index in [1.54, 1.807) is 0 Å². The smallest absolute Gasteiger partial charge is 0.214 e. The Kier molecular flexibility index (Phi) is 11.6. The fraction of sp³-hybridized carbons (Fsp3) is 0.550. The van der Waals surface area contributed by atoms with E-state index >= 15 is 0 Å². The predicted octanol–water partition coefficient (Wildman–Crippen LogP) is 9.07. The van der Waals surface area contributed by atoms with Gasteiger partial charge in [-0.3, -0.25) is 4.57 Å². The van der Waals surface area contributed by atoms with Crippen LogP contribution >= 0.6 is 7.37 Å². The van der Waals surface area contributed by atoms with Crippen LogP contribution in [0.1, 0.15) is 82.9 Å². The Labute approximate surface area is 287 Å². The molecule has 0 N–H and O–H groups in total. The van der Waals surface area contributed by atoms with Crippen LogP contribution in [0.25, 0.3) is 0 Å². The molecule has 48 heavy (non-hydrogen) atoms. The Balaban J connectivity index is 1.35. The summed E-state index contributed by atoms with van der Waals surface area (Å²) in [5, 5.41) is -0.961. The summed E-state index contributed by atoms with van der Waals surface area (Å²) in [5.74, 6) is 0. The van der Waals surface area contributed by atoms with Crippen LogP contribution in [0.2, 0.25) is 0 Å². The van der Waals surface area contributed by atoms with E-state index in [2.05, 4.69) is 12.1 Å². The van der Waals surface area contributed by atoms with Gasteiger partial charge in [-0.05, 0) is 36.0 Å². The van der Waals surface area contributed by atoms with Gasteiger partial charge in [-0.15, -0.1) is 0 Å². The number of benzene rings is 3. The minimum Gasteiger partial charge on any atom is -0.374 e. The average molecular weight is 677 g/mol. The zero-order valence-electron chi connectivity index (χ0n) is 29.0.